The summed E-state index contributed by atoms with van der Waals surface area (Å²) in [6, 6.07) is 14.1. The second-order valence-corrected chi connectivity index (χ2v) is 7.13. The van der Waals surface area contributed by atoms with Crippen LogP contribution in [0.1, 0.15) is 18.1 Å². The molecule has 118 valence electrons. The Bertz CT molecular complexity index is 724. The minimum Gasteiger partial charge on any atom is -0.492 e. The zero-order valence-corrected chi connectivity index (χ0v) is 13.9. The van der Waals surface area contributed by atoms with E-state index < -0.39 is 10.0 Å². The fourth-order valence-corrected chi connectivity index (χ4v) is 3.25. The normalized spacial score (nSPS) is 12.9. The Labute approximate surface area is 132 Å². The fraction of sp³-hybridized carbons (Fsp3) is 0.294. The lowest BCUT2D eigenvalue weighted by molar-refractivity contribution is 0.286. The van der Waals surface area contributed by atoms with Crippen LogP contribution >= 0.6 is 0 Å². The predicted molar refractivity (Wildman–Crippen MR) is 87.6 cm³/mol. The Balaban J connectivity index is 1.98. The van der Waals surface area contributed by atoms with E-state index in [2.05, 4.69) is 4.72 Å². The van der Waals surface area contributed by atoms with Gasteiger partial charge in [0.05, 0.1) is 10.9 Å². The molecule has 4 nitrogen and oxygen atoms in total. The van der Waals surface area contributed by atoms with Crippen LogP contribution in [-0.4, -0.2) is 21.1 Å². The van der Waals surface area contributed by atoms with E-state index >= 15 is 0 Å². The molecule has 0 aliphatic rings. The maximum atomic E-state index is 12.3. The van der Waals surface area contributed by atoms with E-state index in [0.717, 1.165) is 16.9 Å². The van der Waals surface area contributed by atoms with Crippen LogP contribution in [0.5, 0.6) is 5.75 Å². The standard InChI is InChI=1S/C17H21NO3S/c1-13-8-10-16(11-9-13)22(19,20)18-15(3)12-21-17-7-5-4-6-14(17)2/h4-11,15,18H,12H2,1-3H3. The highest BCUT2D eigenvalue weighted by Crippen LogP contribution is 2.16. The van der Waals surface area contributed by atoms with E-state index in [1.807, 2.05) is 38.1 Å². The first-order chi connectivity index (χ1) is 10.4. The van der Waals surface area contributed by atoms with Crippen molar-refractivity contribution in [3.63, 3.8) is 0 Å². The van der Waals surface area contributed by atoms with Gasteiger partial charge in [-0.25, -0.2) is 13.1 Å². The first-order valence-corrected chi connectivity index (χ1v) is 8.64. The molecule has 1 N–H and O–H groups in total. The monoisotopic (exact) mass is 319 g/mol. The number of ether oxygens (including phenoxy) is 1. The van der Waals surface area contributed by atoms with E-state index in [9.17, 15) is 8.42 Å². The zero-order chi connectivity index (χ0) is 16.2. The van der Waals surface area contributed by atoms with Crippen LogP contribution in [-0.2, 0) is 10.0 Å². The lowest BCUT2D eigenvalue weighted by Gasteiger charge is -2.16. The molecule has 1 unspecified atom stereocenters. The minimum absolute atomic E-state index is 0.265. The summed E-state index contributed by atoms with van der Waals surface area (Å²) in [6.45, 7) is 5.93. The Morgan fingerprint density at radius 1 is 1.05 bits per heavy atom. The average Bonchev–Trinajstić information content (AvgIpc) is 2.46. The van der Waals surface area contributed by atoms with Gasteiger partial charge in [0.2, 0.25) is 10.0 Å². The molecule has 22 heavy (non-hydrogen) atoms. The van der Waals surface area contributed by atoms with Crippen LogP contribution in [0, 0.1) is 13.8 Å². The number of aryl methyl sites for hydroxylation is 2. The number of nitrogens with one attached hydrogen (secondary N) is 1. The summed E-state index contributed by atoms with van der Waals surface area (Å²) in [4.78, 5) is 0.265. The SMILES string of the molecule is Cc1ccc(S(=O)(=O)NC(C)COc2ccccc2C)cc1. The summed E-state index contributed by atoms with van der Waals surface area (Å²) in [5.74, 6) is 0.767. The van der Waals surface area contributed by atoms with Crippen LogP contribution in [0.3, 0.4) is 0 Å². The summed E-state index contributed by atoms with van der Waals surface area (Å²) in [7, 11) is -3.52. The van der Waals surface area contributed by atoms with E-state index in [-0.39, 0.29) is 17.5 Å². The van der Waals surface area contributed by atoms with Gasteiger partial charge in [0, 0.05) is 0 Å². The van der Waals surface area contributed by atoms with Gasteiger partial charge in [0.1, 0.15) is 12.4 Å². The minimum atomic E-state index is -3.52. The molecular weight excluding hydrogens is 298 g/mol. The van der Waals surface area contributed by atoms with Crippen molar-refractivity contribution in [3.8, 4) is 5.75 Å². The van der Waals surface area contributed by atoms with Crippen molar-refractivity contribution in [2.75, 3.05) is 6.61 Å². The molecule has 0 saturated heterocycles. The Morgan fingerprint density at radius 3 is 2.32 bits per heavy atom. The predicted octanol–water partition coefficient (Wildman–Crippen LogP) is 3.05. The van der Waals surface area contributed by atoms with Gasteiger partial charge in [-0.05, 0) is 44.5 Å². The van der Waals surface area contributed by atoms with Crippen LogP contribution < -0.4 is 9.46 Å². The molecule has 2 rings (SSSR count). The van der Waals surface area contributed by atoms with Crippen LogP contribution in [0.15, 0.2) is 53.4 Å². The largest absolute Gasteiger partial charge is 0.492 e. The first-order valence-electron chi connectivity index (χ1n) is 7.16. The van der Waals surface area contributed by atoms with Crippen molar-refractivity contribution in [2.24, 2.45) is 0 Å². The number of hydrogen-bond donors (Lipinski definition) is 1. The summed E-state index contributed by atoms with van der Waals surface area (Å²) in [5, 5.41) is 0. The molecule has 0 aromatic heterocycles. The quantitative estimate of drug-likeness (QED) is 0.890. The molecule has 0 spiro atoms. The van der Waals surface area contributed by atoms with Gasteiger partial charge in [-0.15, -0.1) is 0 Å². The highest BCUT2D eigenvalue weighted by atomic mass is 32.2. The van der Waals surface area contributed by atoms with E-state index in [1.54, 1.807) is 31.2 Å². The summed E-state index contributed by atoms with van der Waals surface area (Å²) in [5.41, 5.74) is 2.05. The molecule has 5 heteroatoms. The van der Waals surface area contributed by atoms with Gasteiger partial charge < -0.3 is 4.74 Å². The molecule has 0 aliphatic carbocycles. The van der Waals surface area contributed by atoms with Crippen LogP contribution in [0.2, 0.25) is 0 Å². The summed E-state index contributed by atoms with van der Waals surface area (Å²) in [6.07, 6.45) is 0. The van der Waals surface area contributed by atoms with Gasteiger partial charge in [-0.2, -0.15) is 0 Å². The van der Waals surface area contributed by atoms with E-state index in [0.29, 0.717) is 0 Å². The average molecular weight is 319 g/mol. The maximum Gasteiger partial charge on any atom is 0.240 e. The molecular formula is C17H21NO3S. The molecule has 1 atom stereocenters. The van der Waals surface area contributed by atoms with Gasteiger partial charge in [-0.3, -0.25) is 0 Å². The van der Waals surface area contributed by atoms with E-state index in [1.165, 1.54) is 0 Å². The van der Waals surface area contributed by atoms with Crippen molar-refractivity contribution in [1.29, 1.82) is 0 Å². The molecule has 0 amide bonds. The fourth-order valence-electron chi connectivity index (χ4n) is 2.02. The number of hydrogen-bond acceptors (Lipinski definition) is 3. The Morgan fingerprint density at radius 2 is 1.68 bits per heavy atom. The summed E-state index contributed by atoms with van der Waals surface area (Å²) < 4.78 is 32.8. The third kappa shape index (κ3) is 4.32. The Kier molecular flexibility index (Phi) is 5.21. The summed E-state index contributed by atoms with van der Waals surface area (Å²) >= 11 is 0. The van der Waals surface area contributed by atoms with Crippen LogP contribution in [0.4, 0.5) is 0 Å². The van der Waals surface area contributed by atoms with Crippen molar-refractivity contribution >= 4 is 10.0 Å². The lowest BCUT2D eigenvalue weighted by Crippen LogP contribution is -2.36. The van der Waals surface area contributed by atoms with Gasteiger partial charge in [-0.1, -0.05) is 35.9 Å². The first kappa shape index (κ1) is 16.5. The highest BCUT2D eigenvalue weighted by Gasteiger charge is 2.17. The third-order valence-corrected chi connectivity index (χ3v) is 4.88. The van der Waals surface area contributed by atoms with Crippen molar-refractivity contribution < 1.29 is 13.2 Å². The number of benzene rings is 2. The van der Waals surface area contributed by atoms with E-state index in [4.69, 9.17) is 4.74 Å². The van der Waals surface area contributed by atoms with Gasteiger partial charge >= 0.3 is 0 Å². The molecule has 0 saturated carbocycles. The molecule has 0 bridgehead atoms. The molecule has 0 radical (unpaired) electrons. The number of rotatable bonds is 6. The second kappa shape index (κ2) is 6.94. The number of para-hydroxylation sites is 1. The van der Waals surface area contributed by atoms with Crippen molar-refractivity contribution in [2.45, 2.75) is 31.7 Å². The van der Waals surface area contributed by atoms with Crippen molar-refractivity contribution in [3.05, 3.63) is 59.7 Å². The molecule has 0 fully saturated rings. The topological polar surface area (TPSA) is 55.4 Å². The second-order valence-electron chi connectivity index (χ2n) is 5.41. The van der Waals surface area contributed by atoms with Crippen molar-refractivity contribution in [1.82, 2.24) is 4.72 Å². The van der Waals surface area contributed by atoms with Gasteiger partial charge in [0.15, 0.2) is 0 Å². The third-order valence-electron chi connectivity index (χ3n) is 3.27. The molecule has 0 aliphatic heterocycles. The lowest BCUT2D eigenvalue weighted by atomic mass is 10.2. The molecule has 2 aromatic rings. The molecule has 2 aromatic carbocycles. The zero-order valence-electron chi connectivity index (χ0n) is 13.0. The maximum absolute atomic E-state index is 12.3. The molecule has 0 heterocycles. The van der Waals surface area contributed by atoms with Crippen LogP contribution in [0.25, 0.3) is 0 Å². The smallest absolute Gasteiger partial charge is 0.240 e. The number of sulfonamides is 1. The highest BCUT2D eigenvalue weighted by molar-refractivity contribution is 7.89. The van der Waals surface area contributed by atoms with Gasteiger partial charge in [0.25, 0.3) is 0 Å². The Hall–Kier alpha value is -1.85.